The minimum Gasteiger partial charge on any atom is -0.356 e. The van der Waals surface area contributed by atoms with Gasteiger partial charge in [0.2, 0.25) is 5.91 Å². The lowest BCUT2D eigenvalue weighted by molar-refractivity contribution is -0.121. The first-order valence-electron chi connectivity index (χ1n) is 7.38. The van der Waals surface area contributed by atoms with E-state index in [4.69, 9.17) is 0 Å². The van der Waals surface area contributed by atoms with Crippen molar-refractivity contribution in [3.8, 4) is 0 Å². The number of carbonyl (C=O) groups is 1. The van der Waals surface area contributed by atoms with Crippen LogP contribution in [0, 0.1) is 0 Å². The molecule has 2 rings (SSSR count). The van der Waals surface area contributed by atoms with Gasteiger partial charge in [0, 0.05) is 19.0 Å². The molecular weight excluding hydrogens is 236 g/mol. The predicted molar refractivity (Wildman–Crippen MR) is 78.0 cm³/mol. The molecule has 3 nitrogen and oxygen atoms in total. The van der Waals surface area contributed by atoms with E-state index >= 15 is 0 Å². The van der Waals surface area contributed by atoms with Crippen molar-refractivity contribution in [1.29, 1.82) is 0 Å². The van der Waals surface area contributed by atoms with Crippen LogP contribution in [0.1, 0.15) is 37.7 Å². The normalized spacial score (nSPS) is 19.1. The number of amides is 1. The molecule has 0 saturated carbocycles. The summed E-state index contributed by atoms with van der Waals surface area (Å²) in [7, 11) is 0. The van der Waals surface area contributed by atoms with E-state index in [2.05, 4.69) is 22.8 Å². The first-order valence-corrected chi connectivity index (χ1v) is 7.38. The van der Waals surface area contributed by atoms with E-state index in [-0.39, 0.29) is 5.91 Å². The first kappa shape index (κ1) is 14.1. The van der Waals surface area contributed by atoms with E-state index < -0.39 is 0 Å². The van der Waals surface area contributed by atoms with Crippen LogP contribution in [0.4, 0.5) is 0 Å². The molecule has 1 heterocycles. The third-order valence-corrected chi connectivity index (χ3v) is 3.71. The van der Waals surface area contributed by atoms with E-state index in [0.29, 0.717) is 12.5 Å². The Kier molecular flexibility index (Phi) is 5.89. The Morgan fingerprint density at radius 1 is 1.26 bits per heavy atom. The molecule has 1 amide bonds. The van der Waals surface area contributed by atoms with Gasteiger partial charge in [0.25, 0.3) is 0 Å². The van der Waals surface area contributed by atoms with Crippen LogP contribution in [0.3, 0.4) is 0 Å². The number of benzene rings is 1. The maximum absolute atomic E-state index is 11.7. The van der Waals surface area contributed by atoms with Gasteiger partial charge in [0.05, 0.1) is 0 Å². The monoisotopic (exact) mass is 260 g/mol. The second-order valence-electron chi connectivity index (χ2n) is 5.27. The van der Waals surface area contributed by atoms with Crippen LogP contribution in [0.15, 0.2) is 30.3 Å². The van der Waals surface area contributed by atoms with Gasteiger partial charge in [0.15, 0.2) is 0 Å². The van der Waals surface area contributed by atoms with E-state index in [0.717, 1.165) is 25.9 Å². The summed E-state index contributed by atoms with van der Waals surface area (Å²) in [6.07, 6.45) is 6.33. The Labute approximate surface area is 115 Å². The van der Waals surface area contributed by atoms with Crippen LogP contribution in [0.25, 0.3) is 0 Å². The molecule has 1 fully saturated rings. The van der Waals surface area contributed by atoms with Crippen molar-refractivity contribution in [1.82, 2.24) is 10.6 Å². The Morgan fingerprint density at radius 2 is 2.11 bits per heavy atom. The highest BCUT2D eigenvalue weighted by atomic mass is 16.1. The third-order valence-electron chi connectivity index (χ3n) is 3.71. The molecule has 0 aliphatic carbocycles. The van der Waals surface area contributed by atoms with Crippen LogP contribution in [-0.4, -0.2) is 25.0 Å². The SMILES string of the molecule is O=C(CCc1ccccc1)NCCC1CCCCN1. The fourth-order valence-corrected chi connectivity index (χ4v) is 2.55. The van der Waals surface area contributed by atoms with Gasteiger partial charge in [-0.3, -0.25) is 4.79 Å². The van der Waals surface area contributed by atoms with Crippen LogP contribution in [0.5, 0.6) is 0 Å². The van der Waals surface area contributed by atoms with Gasteiger partial charge in [0.1, 0.15) is 0 Å². The van der Waals surface area contributed by atoms with Gasteiger partial charge in [-0.25, -0.2) is 0 Å². The van der Waals surface area contributed by atoms with Crippen LogP contribution < -0.4 is 10.6 Å². The van der Waals surface area contributed by atoms with Gasteiger partial charge in [-0.05, 0) is 37.8 Å². The fraction of sp³-hybridized carbons (Fsp3) is 0.562. The summed E-state index contributed by atoms with van der Waals surface area (Å²) < 4.78 is 0. The van der Waals surface area contributed by atoms with Gasteiger partial charge in [-0.15, -0.1) is 0 Å². The van der Waals surface area contributed by atoms with Crippen LogP contribution in [0.2, 0.25) is 0 Å². The van der Waals surface area contributed by atoms with Crippen LogP contribution >= 0.6 is 0 Å². The Morgan fingerprint density at radius 3 is 2.84 bits per heavy atom. The minimum absolute atomic E-state index is 0.166. The van der Waals surface area contributed by atoms with Crippen molar-refractivity contribution < 1.29 is 4.79 Å². The first-order chi connectivity index (χ1) is 9.34. The van der Waals surface area contributed by atoms with E-state index in [1.807, 2.05) is 18.2 Å². The lowest BCUT2D eigenvalue weighted by atomic mass is 10.0. The molecule has 0 bridgehead atoms. The smallest absolute Gasteiger partial charge is 0.220 e. The Bertz CT molecular complexity index is 372. The lowest BCUT2D eigenvalue weighted by Crippen LogP contribution is -2.37. The number of nitrogens with one attached hydrogen (secondary N) is 2. The number of piperidine rings is 1. The summed E-state index contributed by atoms with van der Waals surface area (Å²) in [5, 5.41) is 6.52. The molecule has 1 atom stereocenters. The van der Waals surface area contributed by atoms with E-state index in [1.54, 1.807) is 0 Å². The molecule has 1 saturated heterocycles. The highest BCUT2D eigenvalue weighted by Crippen LogP contribution is 2.09. The quantitative estimate of drug-likeness (QED) is 0.824. The molecule has 19 heavy (non-hydrogen) atoms. The second kappa shape index (κ2) is 7.95. The molecule has 1 aromatic rings. The number of hydrogen-bond donors (Lipinski definition) is 2. The predicted octanol–water partition coefficient (Wildman–Crippen LogP) is 2.27. The molecule has 0 spiro atoms. The summed E-state index contributed by atoms with van der Waals surface area (Å²) in [5.41, 5.74) is 1.23. The summed E-state index contributed by atoms with van der Waals surface area (Å²) in [5.74, 6) is 0.166. The Balaban J connectivity index is 1.57. The van der Waals surface area contributed by atoms with Crippen molar-refractivity contribution in [2.75, 3.05) is 13.1 Å². The summed E-state index contributed by atoms with van der Waals surface area (Å²) in [6, 6.07) is 10.8. The maximum Gasteiger partial charge on any atom is 0.220 e. The Hall–Kier alpha value is -1.35. The van der Waals surface area contributed by atoms with Crippen LogP contribution in [-0.2, 0) is 11.2 Å². The van der Waals surface area contributed by atoms with Gasteiger partial charge in [-0.1, -0.05) is 36.8 Å². The molecule has 104 valence electrons. The molecule has 1 unspecified atom stereocenters. The molecule has 0 aromatic heterocycles. The number of hydrogen-bond acceptors (Lipinski definition) is 2. The standard InChI is InChI=1S/C16H24N2O/c19-16(10-9-14-6-2-1-3-7-14)18-13-11-15-8-4-5-12-17-15/h1-3,6-7,15,17H,4-5,8-13H2,(H,18,19). The largest absolute Gasteiger partial charge is 0.356 e. The lowest BCUT2D eigenvalue weighted by Gasteiger charge is -2.23. The molecule has 1 aromatic carbocycles. The van der Waals surface area contributed by atoms with Crippen molar-refractivity contribution in [2.24, 2.45) is 0 Å². The van der Waals surface area contributed by atoms with Crippen molar-refractivity contribution in [2.45, 2.75) is 44.6 Å². The summed E-state index contributed by atoms with van der Waals surface area (Å²) in [6.45, 7) is 1.93. The average molecular weight is 260 g/mol. The molecule has 1 aliphatic rings. The number of aryl methyl sites for hydroxylation is 1. The maximum atomic E-state index is 11.7. The third kappa shape index (κ3) is 5.43. The minimum atomic E-state index is 0.166. The fourth-order valence-electron chi connectivity index (χ4n) is 2.55. The zero-order valence-electron chi connectivity index (χ0n) is 11.5. The zero-order valence-corrected chi connectivity index (χ0v) is 11.5. The molecule has 2 N–H and O–H groups in total. The zero-order chi connectivity index (χ0) is 13.3. The topological polar surface area (TPSA) is 41.1 Å². The highest BCUT2D eigenvalue weighted by Gasteiger charge is 2.12. The highest BCUT2D eigenvalue weighted by molar-refractivity contribution is 5.76. The second-order valence-corrected chi connectivity index (χ2v) is 5.27. The van der Waals surface area contributed by atoms with E-state index in [9.17, 15) is 4.79 Å². The van der Waals surface area contributed by atoms with Crippen molar-refractivity contribution in [3.63, 3.8) is 0 Å². The molecular formula is C16H24N2O. The number of rotatable bonds is 6. The summed E-state index contributed by atoms with van der Waals surface area (Å²) in [4.78, 5) is 11.7. The summed E-state index contributed by atoms with van der Waals surface area (Å²) >= 11 is 0. The average Bonchev–Trinajstić information content (AvgIpc) is 2.47. The van der Waals surface area contributed by atoms with Crippen molar-refractivity contribution in [3.05, 3.63) is 35.9 Å². The molecule has 0 radical (unpaired) electrons. The van der Waals surface area contributed by atoms with Gasteiger partial charge >= 0.3 is 0 Å². The van der Waals surface area contributed by atoms with Crippen molar-refractivity contribution >= 4 is 5.91 Å². The molecule has 1 aliphatic heterocycles. The number of carbonyl (C=O) groups excluding carboxylic acids is 1. The van der Waals surface area contributed by atoms with E-state index in [1.165, 1.54) is 24.8 Å². The van der Waals surface area contributed by atoms with Gasteiger partial charge in [-0.2, -0.15) is 0 Å². The molecule has 3 heteroatoms. The van der Waals surface area contributed by atoms with Gasteiger partial charge < -0.3 is 10.6 Å².